The lowest BCUT2D eigenvalue weighted by Gasteiger charge is -2.36. The Morgan fingerprint density at radius 2 is 1.63 bits per heavy atom. The van der Waals surface area contributed by atoms with Crippen molar-refractivity contribution in [2.24, 2.45) is 0 Å². The highest BCUT2D eigenvalue weighted by Crippen LogP contribution is 2.31. The minimum atomic E-state index is -0.201. The number of esters is 1. The van der Waals surface area contributed by atoms with Crippen molar-refractivity contribution in [1.82, 2.24) is 9.88 Å². The van der Waals surface area contributed by atoms with Gasteiger partial charge in [0.05, 0.1) is 11.6 Å². The van der Waals surface area contributed by atoms with E-state index in [0.717, 1.165) is 88.8 Å². The Balaban J connectivity index is 0.951. The Labute approximate surface area is 280 Å². The van der Waals surface area contributed by atoms with Gasteiger partial charge in [0.25, 0.3) is 0 Å². The molecule has 7 heteroatoms. The van der Waals surface area contributed by atoms with Crippen molar-refractivity contribution in [1.29, 1.82) is 0 Å². The summed E-state index contributed by atoms with van der Waals surface area (Å²) < 4.78 is 13.4. The minimum absolute atomic E-state index is 0.201. The molecule has 3 heterocycles. The van der Waals surface area contributed by atoms with E-state index >= 15 is 0 Å². The number of unbranched alkanes of at least 4 members (excludes halogenated alkanes) is 7. The number of hydrogen-bond donors (Lipinski definition) is 0. The maximum atomic E-state index is 12.4. The maximum absolute atomic E-state index is 12.4. The maximum Gasteiger partial charge on any atom is 0.312 e. The topological polar surface area (TPSA) is 54.9 Å². The van der Waals surface area contributed by atoms with Crippen LogP contribution in [0.3, 0.4) is 0 Å². The summed E-state index contributed by atoms with van der Waals surface area (Å²) in [5.41, 5.74) is 2.24. The normalized spacial score (nSPS) is 14.7. The van der Waals surface area contributed by atoms with Crippen LogP contribution in [0.15, 0.2) is 66.0 Å². The fourth-order valence-electron chi connectivity index (χ4n) is 6.53. The Bertz CT molecular complexity index is 1470. The molecule has 1 unspecified atom stereocenters. The fourth-order valence-corrected chi connectivity index (χ4v) is 7.34. The molecule has 0 amide bonds. The molecule has 0 saturated carbocycles. The molecular weight excluding hydrogens is 591 g/mol. The summed E-state index contributed by atoms with van der Waals surface area (Å²) >= 11 is 1.83. The number of pyridine rings is 1. The number of piperazine rings is 1. The fraction of sp³-hybridized carbons (Fsp3) is 0.538. The molecule has 248 valence electrons. The van der Waals surface area contributed by atoms with E-state index in [0.29, 0.717) is 18.4 Å². The van der Waals surface area contributed by atoms with Gasteiger partial charge in [0.2, 0.25) is 5.88 Å². The van der Waals surface area contributed by atoms with Gasteiger partial charge in [0.1, 0.15) is 0 Å². The first kappa shape index (κ1) is 34.3. The molecule has 0 radical (unpaired) electrons. The molecule has 1 aliphatic heterocycles. The van der Waals surface area contributed by atoms with Gasteiger partial charge in [0, 0.05) is 66.4 Å². The van der Waals surface area contributed by atoms with Crippen LogP contribution < -0.4 is 9.64 Å². The van der Waals surface area contributed by atoms with Gasteiger partial charge >= 0.3 is 5.97 Å². The summed E-state index contributed by atoms with van der Waals surface area (Å²) in [5, 5.41) is 4.64. The van der Waals surface area contributed by atoms with Crippen LogP contribution in [0.25, 0.3) is 21.0 Å². The van der Waals surface area contributed by atoms with E-state index < -0.39 is 0 Å². The number of carbonyl (C=O) groups is 1. The predicted molar refractivity (Wildman–Crippen MR) is 193 cm³/mol. The quantitative estimate of drug-likeness (QED) is 0.0706. The van der Waals surface area contributed by atoms with Crippen LogP contribution in [0, 0.1) is 0 Å². The van der Waals surface area contributed by atoms with Crippen LogP contribution in [0.2, 0.25) is 0 Å². The number of hydrogen-bond acceptors (Lipinski definition) is 7. The third kappa shape index (κ3) is 10.8. The van der Waals surface area contributed by atoms with Crippen LogP contribution >= 0.6 is 11.3 Å². The number of anilines is 1. The zero-order valence-corrected chi connectivity index (χ0v) is 28.7. The van der Waals surface area contributed by atoms with Gasteiger partial charge in [0.15, 0.2) is 0 Å². The van der Waals surface area contributed by atoms with E-state index in [1.165, 1.54) is 54.3 Å². The summed E-state index contributed by atoms with van der Waals surface area (Å²) in [7, 11) is 0. The van der Waals surface area contributed by atoms with E-state index in [2.05, 4.69) is 51.4 Å². The Kier molecular flexibility index (Phi) is 14.2. The van der Waals surface area contributed by atoms with Gasteiger partial charge in [-0.05, 0) is 74.4 Å². The molecule has 0 bridgehead atoms. The summed E-state index contributed by atoms with van der Waals surface area (Å²) in [4.78, 5) is 22.1. The highest BCUT2D eigenvalue weighted by atomic mass is 32.1. The van der Waals surface area contributed by atoms with Crippen molar-refractivity contribution in [3.8, 4) is 5.88 Å². The lowest BCUT2D eigenvalue weighted by atomic mass is 10.0. The molecule has 46 heavy (non-hydrogen) atoms. The second-order valence-corrected chi connectivity index (χ2v) is 13.7. The average molecular weight is 644 g/mol. The molecule has 1 saturated heterocycles. The second kappa shape index (κ2) is 19.0. The molecule has 1 fully saturated rings. The molecule has 0 aliphatic carbocycles. The van der Waals surface area contributed by atoms with E-state index in [1.54, 1.807) is 6.07 Å². The zero-order valence-electron chi connectivity index (χ0n) is 27.8. The van der Waals surface area contributed by atoms with Gasteiger partial charge in [-0.1, -0.05) is 76.1 Å². The first-order chi connectivity index (χ1) is 22.7. The van der Waals surface area contributed by atoms with Gasteiger partial charge in [-0.25, -0.2) is 4.98 Å². The highest BCUT2D eigenvalue weighted by molar-refractivity contribution is 7.17. The van der Waals surface area contributed by atoms with Crippen molar-refractivity contribution in [3.05, 3.63) is 66.0 Å². The van der Waals surface area contributed by atoms with Crippen LogP contribution in [0.5, 0.6) is 5.88 Å². The number of ether oxygens (including phenoxy) is 2. The van der Waals surface area contributed by atoms with Crippen molar-refractivity contribution in [2.75, 3.05) is 44.2 Å². The monoisotopic (exact) mass is 643 g/mol. The van der Waals surface area contributed by atoms with Crippen molar-refractivity contribution in [3.63, 3.8) is 0 Å². The smallest absolute Gasteiger partial charge is 0.312 e. The first-order valence-corrected chi connectivity index (χ1v) is 18.7. The standard InChI is InChI=1S/C39H53N3O3S/c1-2-3-4-5-7-16-33(17-8-6-9-21-39(43)45-38-23-22-32-15-10-11-18-35(32)40-38)44-30-13-12-25-41-26-28-42(29-27-41)36-19-14-20-37-34(36)24-31-46-37/h10-11,14-15,18-20,22-24,31,33H,2-9,12-13,16-17,21,25-30H2,1H3. The number of thiophene rings is 1. The number of benzene rings is 2. The highest BCUT2D eigenvalue weighted by Gasteiger charge is 2.19. The second-order valence-electron chi connectivity index (χ2n) is 12.8. The molecule has 2 aromatic heterocycles. The SMILES string of the molecule is CCCCCCCC(CCCCCC(=O)Oc1ccc2ccccc2n1)OCCCCN1CCN(c2cccc3sccc23)CC1. The van der Waals surface area contributed by atoms with Gasteiger partial charge in [-0.15, -0.1) is 11.3 Å². The van der Waals surface area contributed by atoms with Crippen LogP contribution in [0.1, 0.15) is 90.4 Å². The molecule has 0 spiro atoms. The van der Waals surface area contributed by atoms with Gasteiger partial charge < -0.3 is 14.4 Å². The summed E-state index contributed by atoms with van der Waals surface area (Å²) in [6.07, 6.45) is 14.7. The van der Waals surface area contributed by atoms with E-state index in [-0.39, 0.29) is 5.97 Å². The van der Waals surface area contributed by atoms with E-state index in [1.807, 2.05) is 41.7 Å². The van der Waals surface area contributed by atoms with E-state index in [9.17, 15) is 4.79 Å². The number of aromatic nitrogens is 1. The lowest BCUT2D eigenvalue weighted by Crippen LogP contribution is -2.46. The molecule has 1 atom stereocenters. The number of nitrogens with zero attached hydrogens (tertiary/aromatic N) is 3. The first-order valence-electron chi connectivity index (χ1n) is 17.8. The number of carbonyl (C=O) groups excluding carboxylic acids is 1. The molecule has 2 aromatic carbocycles. The molecule has 0 N–H and O–H groups in total. The summed E-state index contributed by atoms with van der Waals surface area (Å²) in [5.74, 6) is 0.183. The van der Waals surface area contributed by atoms with Crippen molar-refractivity contribution < 1.29 is 14.3 Å². The number of para-hydroxylation sites is 1. The number of fused-ring (bicyclic) bond motifs is 2. The summed E-state index contributed by atoms with van der Waals surface area (Å²) in [6.45, 7) is 8.75. The third-order valence-corrected chi connectivity index (χ3v) is 10.1. The average Bonchev–Trinajstić information content (AvgIpc) is 3.57. The Morgan fingerprint density at radius 3 is 2.48 bits per heavy atom. The largest absolute Gasteiger partial charge is 0.407 e. The van der Waals surface area contributed by atoms with Crippen LogP contribution in [-0.4, -0.2) is 61.3 Å². The van der Waals surface area contributed by atoms with Crippen LogP contribution in [-0.2, 0) is 9.53 Å². The lowest BCUT2D eigenvalue weighted by molar-refractivity contribution is -0.134. The Hall–Kier alpha value is -3.00. The summed E-state index contributed by atoms with van der Waals surface area (Å²) in [6, 6.07) is 20.6. The van der Waals surface area contributed by atoms with Crippen molar-refractivity contribution in [2.45, 2.75) is 96.5 Å². The van der Waals surface area contributed by atoms with E-state index in [4.69, 9.17) is 9.47 Å². The molecule has 6 nitrogen and oxygen atoms in total. The van der Waals surface area contributed by atoms with Gasteiger partial charge in [-0.3, -0.25) is 9.69 Å². The molecule has 5 rings (SSSR count). The number of rotatable bonds is 20. The minimum Gasteiger partial charge on any atom is -0.407 e. The third-order valence-electron chi connectivity index (χ3n) is 9.24. The molecular formula is C39H53N3O3S. The molecule has 1 aliphatic rings. The zero-order chi connectivity index (χ0) is 31.8. The Morgan fingerprint density at radius 1 is 0.826 bits per heavy atom. The predicted octanol–water partition coefficient (Wildman–Crippen LogP) is 9.65. The van der Waals surface area contributed by atoms with Crippen molar-refractivity contribution >= 4 is 44.0 Å². The molecule has 4 aromatic rings. The van der Waals surface area contributed by atoms with Crippen LogP contribution in [0.4, 0.5) is 5.69 Å². The van der Waals surface area contributed by atoms with Gasteiger partial charge in [-0.2, -0.15) is 0 Å².